The highest BCUT2D eigenvalue weighted by molar-refractivity contribution is 7.92. The Morgan fingerprint density at radius 2 is 1.71 bits per heavy atom. The van der Waals surface area contributed by atoms with Gasteiger partial charge in [-0.1, -0.05) is 49.1 Å². The van der Waals surface area contributed by atoms with E-state index in [1.165, 1.54) is 17.0 Å². The predicted octanol–water partition coefficient (Wildman–Crippen LogP) is 4.11. The average Bonchev–Trinajstić information content (AvgIpc) is 2.82. The van der Waals surface area contributed by atoms with E-state index < -0.39 is 34.3 Å². The Labute approximate surface area is 211 Å². The van der Waals surface area contributed by atoms with Gasteiger partial charge in [0.15, 0.2) is 0 Å². The number of carbonyl (C=O) groups is 2. The van der Waals surface area contributed by atoms with Gasteiger partial charge in [0.05, 0.1) is 11.9 Å². The molecule has 7 nitrogen and oxygen atoms in total. The number of hydrogen-bond acceptors (Lipinski definition) is 4. The first-order chi connectivity index (χ1) is 16.6. The van der Waals surface area contributed by atoms with Gasteiger partial charge >= 0.3 is 0 Å². The highest BCUT2D eigenvalue weighted by atomic mass is 35.5. The summed E-state index contributed by atoms with van der Waals surface area (Å²) in [6.45, 7) is 1.10. The second kappa shape index (κ2) is 11.9. The Morgan fingerprint density at radius 1 is 1.09 bits per heavy atom. The molecule has 0 heterocycles. The Balaban J connectivity index is 1.87. The van der Waals surface area contributed by atoms with Crippen molar-refractivity contribution in [2.24, 2.45) is 0 Å². The van der Waals surface area contributed by atoms with Crippen LogP contribution in [0.1, 0.15) is 44.6 Å². The molecule has 1 aliphatic rings. The van der Waals surface area contributed by atoms with Crippen LogP contribution in [0, 0.1) is 5.82 Å². The molecule has 0 bridgehead atoms. The maximum Gasteiger partial charge on any atom is 0.244 e. The molecule has 35 heavy (non-hydrogen) atoms. The summed E-state index contributed by atoms with van der Waals surface area (Å²) in [5.74, 6) is -1.40. The number of sulfonamides is 1. The van der Waals surface area contributed by atoms with Crippen LogP contribution in [0.15, 0.2) is 48.5 Å². The molecule has 3 rings (SSSR count). The number of hydrogen-bond donors (Lipinski definition) is 1. The lowest BCUT2D eigenvalue weighted by molar-refractivity contribution is -0.139. The van der Waals surface area contributed by atoms with E-state index in [0.29, 0.717) is 10.6 Å². The van der Waals surface area contributed by atoms with E-state index in [1.54, 1.807) is 31.2 Å². The average molecular weight is 524 g/mol. The summed E-state index contributed by atoms with van der Waals surface area (Å²) in [6, 6.07) is 11.0. The second-order valence-corrected chi connectivity index (χ2v) is 11.2. The summed E-state index contributed by atoms with van der Waals surface area (Å²) < 4.78 is 39.3. The van der Waals surface area contributed by atoms with Gasteiger partial charge in [0.2, 0.25) is 21.8 Å². The lowest BCUT2D eigenvalue weighted by Crippen LogP contribution is -2.53. The molecule has 1 aliphatic carbocycles. The highest BCUT2D eigenvalue weighted by Crippen LogP contribution is 2.22. The van der Waals surface area contributed by atoms with Gasteiger partial charge in [-0.2, -0.15) is 0 Å². The fourth-order valence-electron chi connectivity index (χ4n) is 4.18. The second-order valence-electron chi connectivity index (χ2n) is 8.88. The summed E-state index contributed by atoms with van der Waals surface area (Å²) in [5.41, 5.74) is 0.784. The van der Waals surface area contributed by atoms with Gasteiger partial charge in [-0.15, -0.1) is 0 Å². The first kappa shape index (κ1) is 26.9. The number of halogens is 2. The molecule has 1 N–H and O–H groups in total. The normalized spacial score (nSPS) is 15.3. The van der Waals surface area contributed by atoms with E-state index in [-0.39, 0.29) is 24.2 Å². The largest absolute Gasteiger partial charge is 0.352 e. The molecule has 0 aliphatic heterocycles. The number of benzene rings is 2. The molecular weight excluding hydrogens is 493 g/mol. The molecule has 1 saturated carbocycles. The van der Waals surface area contributed by atoms with Crippen molar-refractivity contribution in [1.82, 2.24) is 10.2 Å². The SMILES string of the molecule is C[C@@H](C(=O)NC1CCCCC1)N(Cc1ccccc1Cl)C(=O)CN(c1ccc(F)cc1)S(C)(=O)=O. The van der Waals surface area contributed by atoms with E-state index in [0.717, 1.165) is 54.8 Å². The van der Waals surface area contributed by atoms with Gasteiger partial charge in [-0.25, -0.2) is 12.8 Å². The van der Waals surface area contributed by atoms with Crippen LogP contribution in [0.3, 0.4) is 0 Å². The van der Waals surface area contributed by atoms with Crippen molar-refractivity contribution in [3.8, 4) is 0 Å². The topological polar surface area (TPSA) is 86.8 Å². The molecule has 2 aromatic rings. The Hall–Kier alpha value is -2.65. The first-order valence-corrected chi connectivity index (χ1v) is 13.9. The quantitative estimate of drug-likeness (QED) is 0.536. The number of amides is 2. The van der Waals surface area contributed by atoms with Crippen LogP contribution in [0.4, 0.5) is 10.1 Å². The fourth-order valence-corrected chi connectivity index (χ4v) is 5.23. The maximum atomic E-state index is 13.5. The van der Waals surface area contributed by atoms with Crippen LogP contribution >= 0.6 is 11.6 Å². The third-order valence-electron chi connectivity index (χ3n) is 6.21. The lowest BCUT2D eigenvalue weighted by atomic mass is 9.95. The fraction of sp³-hybridized carbons (Fsp3) is 0.440. The minimum Gasteiger partial charge on any atom is -0.352 e. The Morgan fingerprint density at radius 3 is 2.31 bits per heavy atom. The standard InChI is InChI=1S/C25H31ClFN3O4S/c1-18(25(32)28-21-9-4-3-5-10-21)29(16-19-8-6-7-11-23(19)26)24(31)17-30(35(2,33)34)22-14-12-20(27)13-15-22/h6-8,11-15,18,21H,3-5,9-10,16-17H2,1-2H3,(H,28,32)/t18-/m0/s1. The molecule has 190 valence electrons. The minimum absolute atomic E-state index is 0.0266. The summed E-state index contributed by atoms with van der Waals surface area (Å²) >= 11 is 6.32. The van der Waals surface area contributed by atoms with E-state index in [1.807, 2.05) is 0 Å². The predicted molar refractivity (Wildman–Crippen MR) is 135 cm³/mol. The van der Waals surface area contributed by atoms with Gasteiger partial charge in [0, 0.05) is 17.6 Å². The Kier molecular flexibility index (Phi) is 9.13. The number of anilines is 1. The maximum absolute atomic E-state index is 13.5. The third kappa shape index (κ3) is 7.41. The smallest absolute Gasteiger partial charge is 0.244 e. The van der Waals surface area contributed by atoms with Crippen molar-refractivity contribution >= 4 is 39.1 Å². The molecule has 1 atom stereocenters. The molecule has 2 aromatic carbocycles. The van der Waals surface area contributed by atoms with Gasteiger partial charge < -0.3 is 10.2 Å². The molecule has 2 amide bonds. The van der Waals surface area contributed by atoms with E-state index in [2.05, 4.69) is 5.32 Å². The van der Waals surface area contributed by atoms with Crippen LogP contribution in [0.25, 0.3) is 0 Å². The molecule has 0 radical (unpaired) electrons. The first-order valence-electron chi connectivity index (χ1n) is 11.6. The summed E-state index contributed by atoms with van der Waals surface area (Å²) in [6.07, 6.45) is 5.99. The number of rotatable bonds is 9. The molecule has 0 saturated heterocycles. The van der Waals surface area contributed by atoms with Crippen LogP contribution < -0.4 is 9.62 Å². The molecule has 0 spiro atoms. The minimum atomic E-state index is -3.87. The van der Waals surface area contributed by atoms with Gasteiger partial charge in [0.25, 0.3) is 0 Å². The van der Waals surface area contributed by atoms with E-state index in [9.17, 15) is 22.4 Å². The van der Waals surface area contributed by atoms with E-state index >= 15 is 0 Å². The lowest BCUT2D eigenvalue weighted by Gasteiger charge is -2.33. The van der Waals surface area contributed by atoms with Crippen LogP contribution in [0.2, 0.25) is 5.02 Å². The summed E-state index contributed by atoms with van der Waals surface area (Å²) in [7, 11) is -3.87. The van der Waals surface area contributed by atoms with E-state index in [4.69, 9.17) is 11.6 Å². The summed E-state index contributed by atoms with van der Waals surface area (Å²) in [5, 5.41) is 3.47. The zero-order valence-corrected chi connectivity index (χ0v) is 21.5. The number of carbonyl (C=O) groups excluding carboxylic acids is 2. The number of nitrogens with one attached hydrogen (secondary N) is 1. The van der Waals surface area contributed by atoms with Crippen molar-refractivity contribution < 1.29 is 22.4 Å². The third-order valence-corrected chi connectivity index (χ3v) is 7.72. The van der Waals surface area contributed by atoms with Crippen molar-refractivity contribution in [1.29, 1.82) is 0 Å². The molecule has 10 heteroatoms. The van der Waals surface area contributed by atoms with Crippen LogP contribution in [-0.2, 0) is 26.2 Å². The van der Waals surface area contributed by atoms with Crippen molar-refractivity contribution in [3.63, 3.8) is 0 Å². The molecular formula is C25H31ClFN3O4S. The van der Waals surface area contributed by atoms with Crippen LogP contribution in [-0.4, -0.2) is 50.0 Å². The van der Waals surface area contributed by atoms with Gasteiger partial charge in [0.1, 0.15) is 18.4 Å². The van der Waals surface area contributed by atoms with Crippen molar-refractivity contribution in [2.75, 3.05) is 17.1 Å². The monoisotopic (exact) mass is 523 g/mol. The number of nitrogens with zero attached hydrogens (tertiary/aromatic N) is 2. The highest BCUT2D eigenvalue weighted by Gasteiger charge is 2.31. The zero-order valence-electron chi connectivity index (χ0n) is 19.9. The molecule has 1 fully saturated rings. The molecule has 0 unspecified atom stereocenters. The summed E-state index contributed by atoms with van der Waals surface area (Å²) in [4.78, 5) is 28.0. The van der Waals surface area contributed by atoms with Crippen molar-refractivity contribution in [2.45, 2.75) is 57.7 Å². The Bertz CT molecular complexity index is 1140. The van der Waals surface area contributed by atoms with Gasteiger partial charge in [-0.3, -0.25) is 13.9 Å². The van der Waals surface area contributed by atoms with Gasteiger partial charge in [-0.05, 0) is 55.7 Å². The molecule has 0 aromatic heterocycles. The van der Waals surface area contributed by atoms with Crippen LogP contribution in [0.5, 0.6) is 0 Å². The van der Waals surface area contributed by atoms with Crippen molar-refractivity contribution in [3.05, 3.63) is 64.9 Å². The zero-order chi connectivity index (χ0) is 25.6.